The third kappa shape index (κ3) is 3.99. The minimum Gasteiger partial charge on any atom is -0.321 e. The van der Waals surface area contributed by atoms with Gasteiger partial charge in [-0.25, -0.2) is 5.43 Å². The highest BCUT2D eigenvalue weighted by Gasteiger charge is 2.00. The molecule has 0 radical (unpaired) electrons. The number of hydrazine groups is 1. The molecule has 0 unspecified atom stereocenters. The maximum Gasteiger partial charge on any atom is 0.0487 e. The number of benzene rings is 3. The summed E-state index contributed by atoms with van der Waals surface area (Å²) in [6.45, 7) is 5.09. The van der Waals surface area contributed by atoms with Crippen LogP contribution in [0.2, 0.25) is 0 Å². The van der Waals surface area contributed by atoms with E-state index in [0.717, 1.165) is 12.2 Å². The van der Waals surface area contributed by atoms with Gasteiger partial charge in [0.05, 0.1) is 0 Å². The smallest absolute Gasteiger partial charge is 0.0487 e. The lowest BCUT2D eigenvalue weighted by atomic mass is 10.00. The summed E-state index contributed by atoms with van der Waals surface area (Å²) in [5, 5.41) is 0. The number of rotatable bonds is 5. The number of para-hydroxylation sites is 1. The first-order valence-electron chi connectivity index (χ1n) is 7.93. The molecule has 0 amide bonds. The van der Waals surface area contributed by atoms with E-state index < -0.39 is 0 Å². The third-order valence-electron chi connectivity index (χ3n) is 4.09. The van der Waals surface area contributed by atoms with Crippen LogP contribution < -0.4 is 10.9 Å². The molecule has 116 valence electrons. The molecule has 0 spiro atoms. The van der Waals surface area contributed by atoms with Crippen molar-refractivity contribution in [3.63, 3.8) is 0 Å². The van der Waals surface area contributed by atoms with Crippen molar-refractivity contribution in [2.45, 2.75) is 20.4 Å². The molecule has 0 atom stereocenters. The first kappa shape index (κ1) is 15.3. The van der Waals surface area contributed by atoms with Gasteiger partial charge in [-0.15, -0.1) is 0 Å². The maximum atomic E-state index is 3.24. The fourth-order valence-electron chi connectivity index (χ4n) is 2.51. The Morgan fingerprint density at radius 1 is 0.696 bits per heavy atom. The fraction of sp³-hybridized carbons (Fsp3) is 0.143. The van der Waals surface area contributed by atoms with E-state index in [1.54, 1.807) is 0 Å². The zero-order valence-electron chi connectivity index (χ0n) is 13.6. The number of nitrogens with one attached hydrogen (secondary N) is 2. The summed E-state index contributed by atoms with van der Waals surface area (Å²) < 4.78 is 0. The Kier molecular flexibility index (Phi) is 4.74. The Morgan fingerprint density at radius 2 is 1.39 bits per heavy atom. The van der Waals surface area contributed by atoms with Gasteiger partial charge in [0.1, 0.15) is 0 Å². The Bertz CT molecular complexity index is 762. The Morgan fingerprint density at radius 3 is 2.09 bits per heavy atom. The highest BCUT2D eigenvalue weighted by molar-refractivity contribution is 5.65. The predicted octanol–water partition coefficient (Wildman–Crippen LogP) is 5.09. The molecule has 0 bridgehead atoms. The Balaban J connectivity index is 1.61. The normalized spacial score (nSPS) is 10.5. The molecule has 0 saturated heterocycles. The van der Waals surface area contributed by atoms with Gasteiger partial charge in [-0.05, 0) is 53.8 Å². The standard InChI is InChI=1S/C21H22N2/c1-16-8-11-20(14-17(16)2)19-12-9-18(10-13-19)15-22-23-21-6-4-3-5-7-21/h3-14,22-23H,15H2,1-2H3. The lowest BCUT2D eigenvalue weighted by Gasteiger charge is -2.10. The molecule has 0 fully saturated rings. The second-order valence-corrected chi connectivity index (χ2v) is 5.84. The Labute approximate surface area is 138 Å². The van der Waals surface area contributed by atoms with E-state index in [1.165, 1.54) is 27.8 Å². The van der Waals surface area contributed by atoms with E-state index in [2.05, 4.69) is 67.2 Å². The number of anilines is 1. The molecule has 3 aromatic rings. The number of hydrogen-bond donors (Lipinski definition) is 2. The summed E-state index contributed by atoms with van der Waals surface area (Å²) in [7, 11) is 0. The van der Waals surface area contributed by atoms with Gasteiger partial charge in [-0.2, -0.15) is 0 Å². The van der Waals surface area contributed by atoms with E-state index >= 15 is 0 Å². The van der Waals surface area contributed by atoms with Gasteiger partial charge in [0.25, 0.3) is 0 Å². The van der Waals surface area contributed by atoms with Crippen LogP contribution in [0.15, 0.2) is 72.8 Å². The molecular formula is C21H22N2. The highest BCUT2D eigenvalue weighted by atomic mass is 15.3. The van der Waals surface area contributed by atoms with Crippen molar-refractivity contribution in [2.75, 3.05) is 5.43 Å². The molecule has 0 aromatic heterocycles. The average Bonchev–Trinajstić information content (AvgIpc) is 2.59. The van der Waals surface area contributed by atoms with Crippen molar-refractivity contribution in [1.29, 1.82) is 0 Å². The van der Waals surface area contributed by atoms with Gasteiger partial charge in [0.2, 0.25) is 0 Å². The SMILES string of the molecule is Cc1ccc(-c2ccc(CNNc3ccccc3)cc2)cc1C. The minimum absolute atomic E-state index is 0.780. The second kappa shape index (κ2) is 7.12. The van der Waals surface area contributed by atoms with Crippen LogP contribution >= 0.6 is 0 Å². The zero-order valence-corrected chi connectivity index (χ0v) is 13.6. The van der Waals surface area contributed by atoms with Crippen LogP contribution in [0.5, 0.6) is 0 Å². The summed E-state index contributed by atoms with van der Waals surface area (Å²) in [4.78, 5) is 0. The summed E-state index contributed by atoms with van der Waals surface area (Å²) in [6, 6.07) is 25.4. The van der Waals surface area contributed by atoms with Crippen molar-refractivity contribution in [3.8, 4) is 11.1 Å². The van der Waals surface area contributed by atoms with Gasteiger partial charge in [0, 0.05) is 12.2 Å². The van der Waals surface area contributed by atoms with Crippen LogP contribution in [0.3, 0.4) is 0 Å². The molecule has 2 N–H and O–H groups in total. The van der Waals surface area contributed by atoms with Crippen LogP contribution in [0.25, 0.3) is 11.1 Å². The van der Waals surface area contributed by atoms with Gasteiger partial charge < -0.3 is 5.43 Å². The maximum absolute atomic E-state index is 3.24. The average molecular weight is 302 g/mol. The lowest BCUT2D eigenvalue weighted by Crippen LogP contribution is -2.20. The molecule has 0 saturated carbocycles. The van der Waals surface area contributed by atoms with Gasteiger partial charge in [0.15, 0.2) is 0 Å². The van der Waals surface area contributed by atoms with Crippen molar-refractivity contribution < 1.29 is 0 Å². The summed E-state index contributed by atoms with van der Waals surface area (Å²) in [5.74, 6) is 0. The fourth-order valence-corrected chi connectivity index (χ4v) is 2.51. The van der Waals surface area contributed by atoms with E-state index in [9.17, 15) is 0 Å². The van der Waals surface area contributed by atoms with E-state index in [1.807, 2.05) is 30.3 Å². The molecule has 2 heteroatoms. The monoisotopic (exact) mass is 302 g/mol. The van der Waals surface area contributed by atoms with Crippen LogP contribution in [0.1, 0.15) is 16.7 Å². The largest absolute Gasteiger partial charge is 0.321 e. The quantitative estimate of drug-likeness (QED) is 0.642. The molecule has 23 heavy (non-hydrogen) atoms. The first-order valence-corrected chi connectivity index (χ1v) is 7.93. The highest BCUT2D eigenvalue weighted by Crippen LogP contribution is 2.22. The van der Waals surface area contributed by atoms with Gasteiger partial charge in [-0.3, -0.25) is 0 Å². The summed E-state index contributed by atoms with van der Waals surface area (Å²) in [6.07, 6.45) is 0. The summed E-state index contributed by atoms with van der Waals surface area (Å²) in [5.41, 5.74) is 14.0. The van der Waals surface area contributed by atoms with Crippen LogP contribution in [-0.4, -0.2) is 0 Å². The van der Waals surface area contributed by atoms with E-state index in [4.69, 9.17) is 0 Å². The third-order valence-corrected chi connectivity index (χ3v) is 4.09. The van der Waals surface area contributed by atoms with Crippen LogP contribution in [-0.2, 0) is 6.54 Å². The molecule has 2 nitrogen and oxygen atoms in total. The molecule has 0 heterocycles. The lowest BCUT2D eigenvalue weighted by molar-refractivity contribution is 0.801. The molecular weight excluding hydrogens is 280 g/mol. The van der Waals surface area contributed by atoms with Crippen molar-refractivity contribution >= 4 is 5.69 Å². The number of aryl methyl sites for hydroxylation is 2. The number of hydrogen-bond acceptors (Lipinski definition) is 2. The Hall–Kier alpha value is -2.58. The van der Waals surface area contributed by atoms with Crippen molar-refractivity contribution in [2.24, 2.45) is 0 Å². The van der Waals surface area contributed by atoms with Crippen LogP contribution in [0.4, 0.5) is 5.69 Å². The second-order valence-electron chi connectivity index (χ2n) is 5.84. The van der Waals surface area contributed by atoms with Crippen molar-refractivity contribution in [3.05, 3.63) is 89.5 Å². The van der Waals surface area contributed by atoms with Gasteiger partial charge >= 0.3 is 0 Å². The molecule has 3 rings (SSSR count). The zero-order chi connectivity index (χ0) is 16.1. The predicted molar refractivity (Wildman–Crippen MR) is 98.3 cm³/mol. The first-order chi connectivity index (χ1) is 11.2. The molecule has 0 aliphatic heterocycles. The minimum atomic E-state index is 0.780. The topological polar surface area (TPSA) is 24.1 Å². The molecule has 0 aliphatic carbocycles. The molecule has 3 aromatic carbocycles. The molecule has 0 aliphatic rings. The van der Waals surface area contributed by atoms with E-state index in [-0.39, 0.29) is 0 Å². The van der Waals surface area contributed by atoms with Gasteiger partial charge in [-0.1, -0.05) is 60.7 Å². The van der Waals surface area contributed by atoms with E-state index in [0.29, 0.717) is 0 Å². The van der Waals surface area contributed by atoms with Crippen molar-refractivity contribution in [1.82, 2.24) is 5.43 Å². The van der Waals surface area contributed by atoms with Crippen LogP contribution in [0, 0.1) is 13.8 Å². The summed E-state index contributed by atoms with van der Waals surface area (Å²) >= 11 is 0.